The third kappa shape index (κ3) is 4.20. The maximum atomic E-state index is 12.0. The standard InChI is InChI=1S/C16H32N2O2S/c1-13-10-17-15(14-8-6-5-7-9-14)11-18(13)12-16(2,3)21(4,19)20/h13-15,17H,5-12H2,1-4H3. The molecular weight excluding hydrogens is 284 g/mol. The van der Waals surface area contributed by atoms with Gasteiger partial charge >= 0.3 is 0 Å². The van der Waals surface area contributed by atoms with Crippen LogP contribution in [0.15, 0.2) is 0 Å². The van der Waals surface area contributed by atoms with E-state index in [1.54, 1.807) is 0 Å². The van der Waals surface area contributed by atoms with Crippen molar-refractivity contribution in [2.24, 2.45) is 5.92 Å². The summed E-state index contributed by atoms with van der Waals surface area (Å²) in [5, 5.41) is 3.70. The van der Waals surface area contributed by atoms with Gasteiger partial charge in [0.25, 0.3) is 0 Å². The molecule has 1 heterocycles. The normalized spacial score (nSPS) is 30.5. The summed E-state index contributed by atoms with van der Waals surface area (Å²) < 4.78 is 23.3. The summed E-state index contributed by atoms with van der Waals surface area (Å²) in [6.07, 6.45) is 8.11. The van der Waals surface area contributed by atoms with Crippen LogP contribution < -0.4 is 5.32 Å². The van der Waals surface area contributed by atoms with E-state index in [-0.39, 0.29) is 0 Å². The molecule has 1 aliphatic carbocycles. The van der Waals surface area contributed by atoms with Crippen LogP contribution in [0.4, 0.5) is 0 Å². The van der Waals surface area contributed by atoms with Crippen LogP contribution in [0.25, 0.3) is 0 Å². The molecule has 0 aromatic heterocycles. The zero-order chi connectivity index (χ0) is 15.7. The molecule has 2 fully saturated rings. The van der Waals surface area contributed by atoms with Crippen molar-refractivity contribution in [1.29, 1.82) is 0 Å². The van der Waals surface area contributed by atoms with Crippen LogP contribution in [0.1, 0.15) is 52.9 Å². The number of rotatable bonds is 4. The number of sulfone groups is 1. The first-order valence-electron chi connectivity index (χ1n) is 8.38. The van der Waals surface area contributed by atoms with Crippen molar-refractivity contribution in [2.45, 2.75) is 69.7 Å². The molecule has 0 aromatic rings. The highest BCUT2D eigenvalue weighted by Crippen LogP contribution is 2.29. The molecule has 0 aromatic carbocycles. The molecule has 1 saturated carbocycles. The highest BCUT2D eigenvalue weighted by atomic mass is 32.2. The third-order valence-electron chi connectivity index (χ3n) is 5.54. The molecule has 124 valence electrons. The second-order valence-electron chi connectivity index (χ2n) is 7.72. The summed E-state index contributed by atoms with van der Waals surface area (Å²) in [6, 6.07) is 0.947. The van der Waals surface area contributed by atoms with Crippen LogP contribution >= 0.6 is 0 Å². The van der Waals surface area contributed by atoms with Crippen LogP contribution in [0.5, 0.6) is 0 Å². The van der Waals surface area contributed by atoms with E-state index in [0.717, 1.165) is 19.0 Å². The Morgan fingerprint density at radius 1 is 1.19 bits per heavy atom. The van der Waals surface area contributed by atoms with E-state index in [1.165, 1.54) is 38.4 Å². The minimum Gasteiger partial charge on any atom is -0.311 e. The second-order valence-corrected chi connectivity index (χ2v) is 10.4. The number of piperazine rings is 1. The zero-order valence-electron chi connectivity index (χ0n) is 14.1. The monoisotopic (exact) mass is 316 g/mol. The molecule has 2 atom stereocenters. The van der Waals surface area contributed by atoms with E-state index in [1.807, 2.05) is 13.8 Å². The number of hydrogen-bond acceptors (Lipinski definition) is 4. The van der Waals surface area contributed by atoms with E-state index in [4.69, 9.17) is 0 Å². The van der Waals surface area contributed by atoms with Gasteiger partial charge in [0, 0.05) is 38.0 Å². The Kier molecular flexibility index (Phi) is 5.37. The topological polar surface area (TPSA) is 49.4 Å². The van der Waals surface area contributed by atoms with Gasteiger partial charge in [0.1, 0.15) is 0 Å². The molecule has 5 heteroatoms. The Hall–Kier alpha value is -0.130. The van der Waals surface area contributed by atoms with Gasteiger partial charge in [0.05, 0.1) is 4.75 Å². The first kappa shape index (κ1) is 17.2. The maximum absolute atomic E-state index is 12.0. The number of hydrogen-bond donors (Lipinski definition) is 1. The van der Waals surface area contributed by atoms with E-state index in [2.05, 4.69) is 17.1 Å². The lowest BCUT2D eigenvalue weighted by atomic mass is 9.82. The van der Waals surface area contributed by atoms with E-state index >= 15 is 0 Å². The lowest BCUT2D eigenvalue weighted by Gasteiger charge is -2.45. The Morgan fingerprint density at radius 3 is 2.38 bits per heavy atom. The minimum absolute atomic E-state index is 0.408. The lowest BCUT2D eigenvalue weighted by Crippen LogP contribution is -2.60. The minimum atomic E-state index is -3.03. The fraction of sp³-hybridized carbons (Fsp3) is 1.00. The van der Waals surface area contributed by atoms with Gasteiger partial charge in [0.2, 0.25) is 0 Å². The van der Waals surface area contributed by atoms with Crippen molar-refractivity contribution in [2.75, 3.05) is 25.9 Å². The van der Waals surface area contributed by atoms with Gasteiger partial charge in [-0.2, -0.15) is 0 Å². The maximum Gasteiger partial charge on any atom is 0.153 e. The Balaban J connectivity index is 2.01. The largest absolute Gasteiger partial charge is 0.311 e. The fourth-order valence-corrected chi connectivity index (χ4v) is 4.03. The average molecular weight is 317 g/mol. The first-order valence-corrected chi connectivity index (χ1v) is 10.3. The second kappa shape index (κ2) is 6.55. The zero-order valence-corrected chi connectivity index (χ0v) is 14.9. The molecule has 2 aliphatic rings. The van der Waals surface area contributed by atoms with Crippen LogP contribution in [0.2, 0.25) is 0 Å². The van der Waals surface area contributed by atoms with Gasteiger partial charge in [-0.05, 0) is 39.5 Å². The molecule has 0 spiro atoms. The molecule has 0 amide bonds. The Morgan fingerprint density at radius 2 is 1.81 bits per heavy atom. The van der Waals surface area contributed by atoms with Crippen LogP contribution in [-0.4, -0.2) is 56.0 Å². The van der Waals surface area contributed by atoms with Crippen LogP contribution in [0, 0.1) is 5.92 Å². The van der Waals surface area contributed by atoms with Gasteiger partial charge < -0.3 is 5.32 Å². The third-order valence-corrected chi connectivity index (χ3v) is 7.67. The predicted octanol–water partition coefficient (Wildman–Crippen LogP) is 2.05. The van der Waals surface area contributed by atoms with Crippen molar-refractivity contribution >= 4 is 9.84 Å². The highest BCUT2D eigenvalue weighted by molar-refractivity contribution is 7.92. The molecule has 1 saturated heterocycles. The van der Waals surface area contributed by atoms with Crippen molar-refractivity contribution in [3.63, 3.8) is 0 Å². The number of nitrogens with zero attached hydrogens (tertiary/aromatic N) is 1. The molecule has 21 heavy (non-hydrogen) atoms. The molecular formula is C16H32N2O2S. The van der Waals surface area contributed by atoms with E-state index in [0.29, 0.717) is 18.6 Å². The SMILES string of the molecule is CC1CNC(C2CCCCC2)CN1CC(C)(C)S(C)(=O)=O. The van der Waals surface area contributed by atoms with Gasteiger partial charge in [-0.1, -0.05) is 19.3 Å². The summed E-state index contributed by atoms with van der Waals surface area (Å²) in [7, 11) is -3.03. The van der Waals surface area contributed by atoms with Crippen LogP contribution in [-0.2, 0) is 9.84 Å². The summed E-state index contributed by atoms with van der Waals surface area (Å²) in [5.74, 6) is 0.773. The highest BCUT2D eigenvalue weighted by Gasteiger charge is 2.37. The molecule has 4 nitrogen and oxygen atoms in total. The van der Waals surface area contributed by atoms with Crippen molar-refractivity contribution in [1.82, 2.24) is 10.2 Å². The molecule has 2 rings (SSSR count). The van der Waals surface area contributed by atoms with Crippen LogP contribution in [0.3, 0.4) is 0 Å². The summed E-state index contributed by atoms with van der Waals surface area (Å²) >= 11 is 0. The predicted molar refractivity (Wildman–Crippen MR) is 88.3 cm³/mol. The first-order chi connectivity index (χ1) is 9.71. The van der Waals surface area contributed by atoms with Gasteiger partial charge in [-0.25, -0.2) is 8.42 Å². The lowest BCUT2D eigenvalue weighted by molar-refractivity contribution is 0.0970. The molecule has 1 N–H and O–H groups in total. The van der Waals surface area contributed by atoms with Gasteiger partial charge in [-0.3, -0.25) is 4.90 Å². The Bertz CT molecular complexity index is 441. The van der Waals surface area contributed by atoms with Crippen molar-refractivity contribution < 1.29 is 8.42 Å². The quantitative estimate of drug-likeness (QED) is 0.862. The van der Waals surface area contributed by atoms with Gasteiger partial charge in [0.15, 0.2) is 9.84 Å². The smallest absolute Gasteiger partial charge is 0.153 e. The number of nitrogens with one attached hydrogen (secondary N) is 1. The molecule has 0 bridgehead atoms. The molecule has 1 aliphatic heterocycles. The summed E-state index contributed by atoms with van der Waals surface area (Å²) in [5.41, 5.74) is 0. The van der Waals surface area contributed by atoms with Crippen molar-refractivity contribution in [3.05, 3.63) is 0 Å². The van der Waals surface area contributed by atoms with E-state index in [9.17, 15) is 8.42 Å². The molecule has 0 radical (unpaired) electrons. The van der Waals surface area contributed by atoms with Crippen molar-refractivity contribution in [3.8, 4) is 0 Å². The summed E-state index contributed by atoms with van der Waals surface area (Å²) in [4.78, 5) is 2.39. The van der Waals surface area contributed by atoms with E-state index < -0.39 is 14.6 Å². The Labute approximate surface area is 130 Å². The molecule has 2 unspecified atom stereocenters. The fourth-order valence-electron chi connectivity index (χ4n) is 3.63. The van der Waals surface area contributed by atoms with Gasteiger partial charge in [-0.15, -0.1) is 0 Å². The summed E-state index contributed by atoms with van der Waals surface area (Å²) in [6.45, 7) is 8.51. The average Bonchev–Trinajstić information content (AvgIpc) is 2.41.